The van der Waals surface area contributed by atoms with Crippen LogP contribution in [-0.2, 0) is 11.3 Å². The number of aromatic nitrogens is 5. The predicted octanol–water partition coefficient (Wildman–Crippen LogP) is 4.47. The second-order valence-electron chi connectivity index (χ2n) is 8.85. The van der Waals surface area contributed by atoms with Crippen LogP contribution in [0.2, 0.25) is 0 Å². The SMILES string of the molecule is C=C(NC)c1ccc(-c2cc3nnn(C4CCN(C(=O)OCc5ccc(F)cn5)CC4)c3cn2)c(F)c1F. The average molecular weight is 524 g/mol. The lowest BCUT2D eigenvalue weighted by Gasteiger charge is -2.31. The molecule has 4 heterocycles. The molecule has 0 bridgehead atoms. The number of piperidine rings is 1. The minimum Gasteiger partial charge on any atom is -0.443 e. The van der Waals surface area contributed by atoms with E-state index in [1.165, 1.54) is 24.3 Å². The Labute approximate surface area is 215 Å². The van der Waals surface area contributed by atoms with Gasteiger partial charge in [-0.2, -0.15) is 0 Å². The molecule has 0 spiro atoms. The minimum absolute atomic E-state index is 0.00857. The normalized spacial score (nSPS) is 14.1. The lowest BCUT2D eigenvalue weighted by atomic mass is 10.0. The molecule has 0 unspecified atom stereocenters. The predicted molar refractivity (Wildman–Crippen MR) is 133 cm³/mol. The zero-order chi connectivity index (χ0) is 26.8. The van der Waals surface area contributed by atoms with Crippen molar-refractivity contribution in [2.24, 2.45) is 0 Å². The first-order valence-corrected chi connectivity index (χ1v) is 11.9. The van der Waals surface area contributed by atoms with Gasteiger partial charge in [0.1, 0.15) is 23.5 Å². The van der Waals surface area contributed by atoms with E-state index in [9.17, 15) is 18.0 Å². The van der Waals surface area contributed by atoms with Gasteiger partial charge in [0.05, 0.1) is 29.8 Å². The molecule has 1 amide bonds. The molecule has 0 atom stereocenters. The Balaban J connectivity index is 1.25. The van der Waals surface area contributed by atoms with Crippen LogP contribution in [0.25, 0.3) is 28.0 Å². The molecule has 1 aliphatic rings. The molecule has 4 aromatic rings. The molecule has 0 radical (unpaired) electrons. The highest BCUT2D eigenvalue weighted by Crippen LogP contribution is 2.30. The summed E-state index contributed by atoms with van der Waals surface area (Å²) in [5.74, 6) is -2.49. The molecule has 0 saturated carbocycles. The van der Waals surface area contributed by atoms with E-state index in [0.29, 0.717) is 42.7 Å². The summed E-state index contributed by atoms with van der Waals surface area (Å²) in [5, 5.41) is 11.2. The Morgan fingerprint density at radius 2 is 1.89 bits per heavy atom. The number of fused-ring (bicyclic) bond motifs is 1. The van der Waals surface area contributed by atoms with E-state index in [4.69, 9.17) is 4.74 Å². The van der Waals surface area contributed by atoms with Crippen molar-refractivity contribution in [2.75, 3.05) is 20.1 Å². The Morgan fingerprint density at radius 1 is 1.11 bits per heavy atom. The molecule has 5 rings (SSSR count). The van der Waals surface area contributed by atoms with E-state index in [-0.39, 0.29) is 35.2 Å². The van der Waals surface area contributed by atoms with E-state index in [0.717, 1.165) is 6.20 Å². The third-order valence-electron chi connectivity index (χ3n) is 6.54. The van der Waals surface area contributed by atoms with Crippen molar-refractivity contribution in [2.45, 2.75) is 25.5 Å². The molecule has 1 aliphatic heterocycles. The summed E-state index contributed by atoms with van der Waals surface area (Å²) in [4.78, 5) is 22.3. The van der Waals surface area contributed by atoms with Crippen LogP contribution in [0.4, 0.5) is 18.0 Å². The van der Waals surface area contributed by atoms with Crippen molar-refractivity contribution >= 4 is 22.8 Å². The van der Waals surface area contributed by atoms with Crippen molar-refractivity contribution in [3.05, 3.63) is 78.0 Å². The minimum atomic E-state index is -1.02. The van der Waals surface area contributed by atoms with Crippen molar-refractivity contribution in [3.8, 4) is 11.3 Å². The monoisotopic (exact) mass is 523 g/mol. The van der Waals surface area contributed by atoms with Crippen molar-refractivity contribution in [1.29, 1.82) is 0 Å². The summed E-state index contributed by atoms with van der Waals surface area (Å²) >= 11 is 0. The number of hydrogen-bond acceptors (Lipinski definition) is 7. The molecule has 9 nitrogen and oxygen atoms in total. The van der Waals surface area contributed by atoms with Gasteiger partial charge in [-0.3, -0.25) is 9.97 Å². The highest BCUT2D eigenvalue weighted by Gasteiger charge is 2.27. The Hall–Kier alpha value is -4.48. The summed E-state index contributed by atoms with van der Waals surface area (Å²) in [6.07, 6.45) is 3.37. The van der Waals surface area contributed by atoms with Crippen LogP contribution < -0.4 is 5.32 Å². The topological polar surface area (TPSA) is 98.1 Å². The lowest BCUT2D eigenvalue weighted by Crippen LogP contribution is -2.39. The Morgan fingerprint density at radius 3 is 2.61 bits per heavy atom. The molecule has 1 saturated heterocycles. The molecule has 0 aliphatic carbocycles. The van der Waals surface area contributed by atoms with Gasteiger partial charge in [-0.05, 0) is 43.2 Å². The van der Waals surface area contributed by atoms with Crippen LogP contribution in [0.3, 0.4) is 0 Å². The third-order valence-corrected chi connectivity index (χ3v) is 6.54. The van der Waals surface area contributed by atoms with Crippen molar-refractivity contribution in [1.82, 2.24) is 35.2 Å². The Kier molecular flexibility index (Phi) is 6.95. The molecule has 12 heteroatoms. The van der Waals surface area contributed by atoms with Gasteiger partial charge in [-0.1, -0.05) is 11.8 Å². The van der Waals surface area contributed by atoms with Gasteiger partial charge in [-0.25, -0.2) is 22.6 Å². The van der Waals surface area contributed by atoms with E-state index in [1.807, 2.05) is 0 Å². The fourth-order valence-corrected chi connectivity index (χ4v) is 4.38. The highest BCUT2D eigenvalue weighted by atomic mass is 19.2. The summed E-state index contributed by atoms with van der Waals surface area (Å²) < 4.78 is 49.4. The maximum Gasteiger partial charge on any atom is 0.410 e. The number of carbonyl (C=O) groups is 1. The smallest absolute Gasteiger partial charge is 0.410 e. The van der Waals surface area contributed by atoms with Crippen molar-refractivity contribution in [3.63, 3.8) is 0 Å². The second kappa shape index (κ2) is 10.5. The number of nitrogens with zero attached hydrogens (tertiary/aromatic N) is 6. The van der Waals surface area contributed by atoms with E-state index in [1.54, 1.807) is 28.9 Å². The Bertz CT molecular complexity index is 1500. The summed E-state index contributed by atoms with van der Waals surface area (Å²) in [5.41, 5.74) is 2.15. The molecule has 1 fully saturated rings. The van der Waals surface area contributed by atoms with Crippen LogP contribution in [0, 0.1) is 17.5 Å². The van der Waals surface area contributed by atoms with Gasteiger partial charge in [0.15, 0.2) is 11.6 Å². The average Bonchev–Trinajstić information content (AvgIpc) is 3.37. The summed E-state index contributed by atoms with van der Waals surface area (Å²) in [7, 11) is 1.58. The van der Waals surface area contributed by atoms with Gasteiger partial charge in [0.25, 0.3) is 0 Å². The molecule has 1 aromatic carbocycles. The zero-order valence-electron chi connectivity index (χ0n) is 20.5. The van der Waals surface area contributed by atoms with E-state index >= 15 is 0 Å². The number of halogens is 3. The number of hydrogen-bond donors (Lipinski definition) is 1. The number of pyridine rings is 2. The van der Waals surface area contributed by atoms with E-state index in [2.05, 4.69) is 32.2 Å². The largest absolute Gasteiger partial charge is 0.443 e. The lowest BCUT2D eigenvalue weighted by molar-refractivity contribution is 0.0814. The number of benzene rings is 1. The van der Waals surface area contributed by atoms with Gasteiger partial charge in [0.2, 0.25) is 0 Å². The quantitative estimate of drug-likeness (QED) is 0.398. The number of carbonyl (C=O) groups excluding carboxylic acids is 1. The van der Waals surface area contributed by atoms with Crippen LogP contribution in [0.5, 0.6) is 0 Å². The summed E-state index contributed by atoms with van der Waals surface area (Å²) in [6, 6.07) is 7.16. The standard InChI is InChI=1S/C26H24F3N7O2/c1-15(30-2)19-5-6-20(25(29)24(19)28)21-11-22-23(13-32-21)36(34-33-22)18-7-9-35(10-8-18)26(37)38-14-17-4-3-16(27)12-31-17/h3-6,11-13,18,30H,1,7-10,14H2,2H3. The van der Waals surface area contributed by atoms with Gasteiger partial charge in [-0.15, -0.1) is 5.10 Å². The fourth-order valence-electron chi connectivity index (χ4n) is 4.38. The van der Waals surface area contributed by atoms with Gasteiger partial charge >= 0.3 is 6.09 Å². The van der Waals surface area contributed by atoms with Crippen LogP contribution >= 0.6 is 0 Å². The van der Waals surface area contributed by atoms with E-state index < -0.39 is 23.5 Å². The number of rotatable bonds is 6. The first-order chi connectivity index (χ1) is 18.4. The highest BCUT2D eigenvalue weighted by molar-refractivity contribution is 5.79. The first-order valence-electron chi connectivity index (χ1n) is 11.9. The maximum atomic E-state index is 14.8. The first kappa shape index (κ1) is 25.2. The van der Waals surface area contributed by atoms with Crippen LogP contribution in [0.15, 0.2) is 49.3 Å². The number of ether oxygens (including phenoxy) is 1. The van der Waals surface area contributed by atoms with Crippen molar-refractivity contribution < 1.29 is 22.7 Å². The zero-order valence-corrected chi connectivity index (χ0v) is 20.5. The molecule has 38 heavy (non-hydrogen) atoms. The fraction of sp³-hybridized carbons (Fsp3) is 0.269. The second-order valence-corrected chi connectivity index (χ2v) is 8.85. The molecule has 196 valence electrons. The molecular weight excluding hydrogens is 499 g/mol. The summed E-state index contributed by atoms with van der Waals surface area (Å²) in [6.45, 7) is 4.53. The molecule has 3 aromatic heterocycles. The van der Waals surface area contributed by atoms with Crippen LogP contribution in [-0.4, -0.2) is 56.1 Å². The van der Waals surface area contributed by atoms with Gasteiger partial charge in [0, 0.05) is 37.0 Å². The number of likely N-dealkylation sites (tertiary alicyclic amines) is 1. The van der Waals surface area contributed by atoms with Gasteiger partial charge < -0.3 is 15.0 Å². The maximum absolute atomic E-state index is 14.8. The number of nitrogens with one attached hydrogen (secondary N) is 1. The molecule has 1 N–H and O–H groups in total. The number of amides is 1. The molecular formula is C26H24F3N7O2. The third kappa shape index (κ3) is 4.89. The van der Waals surface area contributed by atoms with Crippen LogP contribution in [0.1, 0.15) is 30.1 Å².